The Morgan fingerprint density at radius 1 is 1.24 bits per heavy atom. The third kappa shape index (κ3) is 3.11. The van der Waals surface area contributed by atoms with Crippen molar-refractivity contribution in [3.05, 3.63) is 40.9 Å². The molecule has 1 aliphatic heterocycles. The number of carbonyl (C=O) groups excluding carboxylic acids is 1. The van der Waals surface area contributed by atoms with Crippen LogP contribution in [0, 0.1) is 0 Å². The van der Waals surface area contributed by atoms with Crippen LogP contribution in [0.4, 0.5) is 0 Å². The summed E-state index contributed by atoms with van der Waals surface area (Å²) in [6.07, 6.45) is 3.78. The molecule has 0 aliphatic carbocycles. The number of para-hydroxylation sites is 1. The van der Waals surface area contributed by atoms with Crippen molar-refractivity contribution in [1.29, 1.82) is 0 Å². The molecule has 6 heteroatoms. The van der Waals surface area contributed by atoms with Gasteiger partial charge in [-0.3, -0.25) is 19.1 Å². The molecule has 1 saturated heterocycles. The first-order valence-electron chi connectivity index (χ1n) is 7.17. The highest BCUT2D eigenvalue weighted by Gasteiger charge is 2.14. The van der Waals surface area contributed by atoms with Crippen molar-refractivity contribution in [2.75, 3.05) is 19.6 Å². The number of fused-ring (bicyclic) bond motifs is 1. The molecule has 3 rings (SSSR count). The Labute approximate surface area is 122 Å². The van der Waals surface area contributed by atoms with Gasteiger partial charge in [-0.25, -0.2) is 4.98 Å². The monoisotopic (exact) mass is 286 g/mol. The van der Waals surface area contributed by atoms with E-state index in [1.54, 1.807) is 12.1 Å². The van der Waals surface area contributed by atoms with Crippen molar-refractivity contribution in [3.63, 3.8) is 0 Å². The van der Waals surface area contributed by atoms with Gasteiger partial charge in [-0.2, -0.15) is 0 Å². The number of carbonyl (C=O) groups is 1. The summed E-state index contributed by atoms with van der Waals surface area (Å²) < 4.78 is 1.42. The number of rotatable bonds is 4. The lowest BCUT2D eigenvalue weighted by molar-refractivity contribution is -0.122. The Balaban J connectivity index is 1.66. The normalized spacial score (nSPS) is 15.4. The van der Waals surface area contributed by atoms with E-state index in [-0.39, 0.29) is 18.1 Å². The van der Waals surface area contributed by atoms with Crippen LogP contribution in [0.3, 0.4) is 0 Å². The van der Waals surface area contributed by atoms with Gasteiger partial charge in [-0.1, -0.05) is 12.1 Å². The third-order valence-electron chi connectivity index (χ3n) is 3.74. The molecular weight excluding hydrogens is 268 g/mol. The van der Waals surface area contributed by atoms with Gasteiger partial charge in [0.2, 0.25) is 5.91 Å². The minimum Gasteiger partial charge on any atom is -0.337 e. The smallest absolute Gasteiger partial charge is 0.262 e. The first kappa shape index (κ1) is 13.8. The van der Waals surface area contributed by atoms with Crippen molar-refractivity contribution in [2.45, 2.75) is 19.5 Å². The summed E-state index contributed by atoms with van der Waals surface area (Å²) in [7, 11) is 0. The molecule has 0 saturated carbocycles. The highest BCUT2D eigenvalue weighted by Crippen LogP contribution is 2.06. The second-order valence-electron chi connectivity index (χ2n) is 5.28. The van der Waals surface area contributed by atoms with Crippen LogP contribution >= 0.6 is 0 Å². The molecule has 1 amide bonds. The van der Waals surface area contributed by atoms with Crippen LogP contribution in [0.1, 0.15) is 12.8 Å². The topological polar surface area (TPSA) is 67.2 Å². The van der Waals surface area contributed by atoms with E-state index < -0.39 is 0 Å². The second-order valence-corrected chi connectivity index (χ2v) is 5.28. The van der Waals surface area contributed by atoms with Crippen molar-refractivity contribution >= 4 is 16.8 Å². The van der Waals surface area contributed by atoms with Crippen molar-refractivity contribution in [3.8, 4) is 0 Å². The van der Waals surface area contributed by atoms with E-state index >= 15 is 0 Å². The predicted molar refractivity (Wildman–Crippen MR) is 79.8 cm³/mol. The third-order valence-corrected chi connectivity index (χ3v) is 3.74. The summed E-state index contributed by atoms with van der Waals surface area (Å²) in [6, 6.07) is 7.19. The SMILES string of the molecule is O=C(CN1CCCC1)NCn1cnc2ccccc2c1=O. The van der Waals surface area contributed by atoms with Gasteiger partial charge in [-0.05, 0) is 38.1 Å². The molecule has 2 aromatic rings. The lowest BCUT2D eigenvalue weighted by atomic mass is 10.2. The Morgan fingerprint density at radius 3 is 2.81 bits per heavy atom. The number of benzene rings is 1. The van der Waals surface area contributed by atoms with Gasteiger partial charge >= 0.3 is 0 Å². The van der Waals surface area contributed by atoms with Gasteiger partial charge in [0.05, 0.1) is 30.4 Å². The summed E-state index contributed by atoms with van der Waals surface area (Å²) in [5.41, 5.74) is 0.532. The quantitative estimate of drug-likeness (QED) is 0.892. The Bertz CT molecular complexity index is 704. The van der Waals surface area contributed by atoms with E-state index in [1.807, 2.05) is 12.1 Å². The molecule has 6 nitrogen and oxygen atoms in total. The molecule has 1 aliphatic rings. The van der Waals surface area contributed by atoms with Crippen molar-refractivity contribution in [2.24, 2.45) is 0 Å². The number of hydrogen-bond donors (Lipinski definition) is 1. The van der Waals surface area contributed by atoms with E-state index in [0.29, 0.717) is 17.4 Å². The van der Waals surface area contributed by atoms with Crippen LogP contribution < -0.4 is 10.9 Å². The minimum absolute atomic E-state index is 0.0584. The maximum atomic E-state index is 12.2. The fourth-order valence-corrected chi connectivity index (χ4v) is 2.59. The molecule has 1 N–H and O–H groups in total. The molecular formula is C15H18N4O2. The number of hydrogen-bond acceptors (Lipinski definition) is 4. The Kier molecular flexibility index (Phi) is 3.96. The molecule has 0 atom stereocenters. The molecule has 21 heavy (non-hydrogen) atoms. The number of nitrogens with zero attached hydrogens (tertiary/aromatic N) is 3. The zero-order valence-corrected chi connectivity index (χ0v) is 11.8. The number of amides is 1. The van der Waals surface area contributed by atoms with Gasteiger partial charge in [0.25, 0.3) is 5.56 Å². The van der Waals surface area contributed by atoms with Crippen molar-refractivity contribution in [1.82, 2.24) is 19.8 Å². The fourth-order valence-electron chi connectivity index (χ4n) is 2.59. The predicted octanol–water partition coefficient (Wildman–Crippen LogP) is 0.566. The first-order chi connectivity index (χ1) is 10.2. The van der Waals surface area contributed by atoms with Crippen molar-refractivity contribution < 1.29 is 4.79 Å². The number of likely N-dealkylation sites (tertiary alicyclic amines) is 1. The van der Waals surface area contributed by atoms with Gasteiger partial charge in [0.1, 0.15) is 0 Å². The Hall–Kier alpha value is -2.21. The average molecular weight is 286 g/mol. The van der Waals surface area contributed by atoms with Crippen LogP contribution in [0.2, 0.25) is 0 Å². The molecule has 2 heterocycles. The summed E-state index contributed by atoms with van der Waals surface area (Å²) in [5, 5.41) is 3.34. The van der Waals surface area contributed by atoms with Crippen LogP contribution in [0.25, 0.3) is 10.9 Å². The molecule has 0 radical (unpaired) electrons. The lowest BCUT2D eigenvalue weighted by Gasteiger charge is -2.14. The second kappa shape index (κ2) is 6.05. The van der Waals surface area contributed by atoms with Crippen LogP contribution in [-0.4, -0.2) is 40.0 Å². The summed E-state index contributed by atoms with van der Waals surface area (Å²) in [5.74, 6) is -0.0584. The standard InChI is InChI=1S/C15H18N4O2/c20-14(9-18-7-3-4-8-18)17-11-19-10-16-13-6-2-1-5-12(13)15(19)21/h1-2,5-6,10H,3-4,7-9,11H2,(H,17,20). The molecule has 1 aromatic carbocycles. The summed E-state index contributed by atoms with van der Waals surface area (Å²) in [6.45, 7) is 2.51. The average Bonchev–Trinajstić information content (AvgIpc) is 3.00. The molecule has 0 spiro atoms. The van der Waals surface area contributed by atoms with Gasteiger partial charge in [-0.15, -0.1) is 0 Å². The maximum Gasteiger partial charge on any atom is 0.262 e. The summed E-state index contributed by atoms with van der Waals surface area (Å²) in [4.78, 5) is 30.5. The maximum absolute atomic E-state index is 12.2. The summed E-state index contributed by atoms with van der Waals surface area (Å²) >= 11 is 0. The van der Waals surface area contributed by atoms with E-state index in [2.05, 4.69) is 15.2 Å². The van der Waals surface area contributed by atoms with Crippen LogP contribution in [0.15, 0.2) is 35.4 Å². The molecule has 1 aromatic heterocycles. The molecule has 0 bridgehead atoms. The van der Waals surface area contributed by atoms with Crippen LogP contribution in [-0.2, 0) is 11.5 Å². The largest absolute Gasteiger partial charge is 0.337 e. The lowest BCUT2D eigenvalue weighted by Crippen LogP contribution is -2.38. The number of aromatic nitrogens is 2. The zero-order valence-electron chi connectivity index (χ0n) is 11.8. The van der Waals surface area contributed by atoms with Gasteiger partial charge in [0.15, 0.2) is 0 Å². The zero-order chi connectivity index (χ0) is 14.7. The van der Waals surface area contributed by atoms with Gasteiger partial charge < -0.3 is 5.32 Å². The highest BCUT2D eigenvalue weighted by atomic mass is 16.2. The van der Waals surface area contributed by atoms with Gasteiger partial charge in [0, 0.05) is 0 Å². The Morgan fingerprint density at radius 2 is 2.00 bits per heavy atom. The number of nitrogens with one attached hydrogen (secondary N) is 1. The highest BCUT2D eigenvalue weighted by molar-refractivity contribution is 5.78. The first-order valence-corrected chi connectivity index (χ1v) is 7.17. The minimum atomic E-state index is -0.137. The molecule has 1 fully saturated rings. The van der Waals surface area contributed by atoms with E-state index in [4.69, 9.17) is 0 Å². The van der Waals surface area contributed by atoms with Crippen LogP contribution in [0.5, 0.6) is 0 Å². The van der Waals surface area contributed by atoms with E-state index in [9.17, 15) is 9.59 Å². The van der Waals surface area contributed by atoms with E-state index in [1.165, 1.54) is 10.9 Å². The molecule has 110 valence electrons. The van der Waals surface area contributed by atoms with E-state index in [0.717, 1.165) is 25.9 Å². The fraction of sp³-hybridized carbons (Fsp3) is 0.400. The molecule has 0 unspecified atom stereocenters.